The molecule has 0 aliphatic carbocycles. The molecule has 3 aromatic rings. The Balaban J connectivity index is 1.90. The van der Waals surface area contributed by atoms with Crippen molar-refractivity contribution in [2.24, 2.45) is 0 Å². The van der Waals surface area contributed by atoms with Crippen molar-refractivity contribution in [2.45, 2.75) is 37.8 Å². The van der Waals surface area contributed by atoms with Crippen LogP contribution in [0.15, 0.2) is 64.9 Å². The fraction of sp³-hybridized carbons (Fsp3) is 0.261. The number of nitrogens with zero attached hydrogens (tertiary/aromatic N) is 1. The Kier molecular flexibility index (Phi) is 7.52. The minimum Gasteiger partial charge on any atom is -0.494 e. The van der Waals surface area contributed by atoms with Gasteiger partial charge in [-0.1, -0.05) is 31.2 Å². The van der Waals surface area contributed by atoms with E-state index in [1.165, 1.54) is 36.6 Å². The number of rotatable bonds is 9. The molecule has 0 spiro atoms. The third kappa shape index (κ3) is 5.28. The minimum atomic E-state index is -4.31. The van der Waals surface area contributed by atoms with Gasteiger partial charge in [0.15, 0.2) is 11.6 Å². The van der Waals surface area contributed by atoms with Crippen LogP contribution in [0, 0.1) is 5.82 Å². The van der Waals surface area contributed by atoms with E-state index in [-0.39, 0.29) is 34.9 Å². The Morgan fingerprint density at radius 1 is 1.12 bits per heavy atom. The molecule has 2 aromatic carbocycles. The smallest absolute Gasteiger partial charge is 0.339 e. The molecule has 1 heterocycles. The van der Waals surface area contributed by atoms with E-state index in [2.05, 4.69) is 0 Å². The monoisotopic (exact) mass is 477 g/mol. The molecular formula is C23H24FNO5S2. The zero-order valence-corrected chi connectivity index (χ0v) is 19.6. The van der Waals surface area contributed by atoms with Gasteiger partial charge in [0.2, 0.25) is 0 Å². The maximum atomic E-state index is 14.0. The van der Waals surface area contributed by atoms with Gasteiger partial charge in [-0.25, -0.2) is 4.39 Å². The number of halogens is 1. The zero-order chi connectivity index (χ0) is 23.3. The van der Waals surface area contributed by atoms with Gasteiger partial charge in [0.1, 0.15) is 10.6 Å². The number of amides is 1. The van der Waals surface area contributed by atoms with Gasteiger partial charge in [0, 0.05) is 18.2 Å². The summed E-state index contributed by atoms with van der Waals surface area (Å²) >= 11 is 1.35. The normalized spacial score (nSPS) is 12.2. The van der Waals surface area contributed by atoms with Crippen LogP contribution in [0.3, 0.4) is 0 Å². The molecule has 0 radical (unpaired) electrons. The number of ether oxygens (including phenoxy) is 1. The van der Waals surface area contributed by atoms with Crippen molar-refractivity contribution < 1.29 is 26.5 Å². The maximum absolute atomic E-state index is 14.0. The van der Waals surface area contributed by atoms with E-state index in [0.717, 1.165) is 12.5 Å². The molecule has 6 nitrogen and oxygen atoms in total. The lowest BCUT2D eigenvalue weighted by atomic mass is 10.1. The second kappa shape index (κ2) is 10.1. The van der Waals surface area contributed by atoms with Gasteiger partial charge in [-0.05, 0) is 49.1 Å². The lowest BCUT2D eigenvalue weighted by molar-refractivity contribution is 0.0676. The van der Waals surface area contributed by atoms with E-state index in [1.807, 2.05) is 25.3 Å². The molecule has 170 valence electrons. The summed E-state index contributed by atoms with van der Waals surface area (Å²) in [6, 6.07) is 13.4. The molecule has 1 aromatic heterocycles. The SMILES string of the molecule is CC[C@H](C)N(Cc1ccccc1OS(=O)(=O)c1ccc(OC)c(F)c1)C(=O)c1cccs1. The van der Waals surface area contributed by atoms with E-state index in [9.17, 15) is 17.6 Å². The molecule has 0 bridgehead atoms. The van der Waals surface area contributed by atoms with Crippen molar-refractivity contribution in [1.82, 2.24) is 4.90 Å². The molecule has 0 fully saturated rings. The van der Waals surface area contributed by atoms with E-state index in [0.29, 0.717) is 10.4 Å². The summed E-state index contributed by atoms with van der Waals surface area (Å²) in [4.78, 5) is 15.0. The summed E-state index contributed by atoms with van der Waals surface area (Å²) in [5, 5.41) is 1.83. The highest BCUT2D eigenvalue weighted by molar-refractivity contribution is 7.87. The average Bonchev–Trinajstić information content (AvgIpc) is 3.32. The number of para-hydroxylation sites is 1. The molecule has 1 atom stereocenters. The van der Waals surface area contributed by atoms with Gasteiger partial charge in [-0.2, -0.15) is 8.42 Å². The molecule has 0 saturated heterocycles. The van der Waals surface area contributed by atoms with Gasteiger partial charge in [0.25, 0.3) is 5.91 Å². The van der Waals surface area contributed by atoms with E-state index in [1.54, 1.807) is 29.2 Å². The van der Waals surface area contributed by atoms with Crippen molar-refractivity contribution in [3.05, 3.63) is 76.2 Å². The predicted octanol–water partition coefficient (Wildman–Crippen LogP) is 5.10. The highest BCUT2D eigenvalue weighted by Crippen LogP contribution is 2.28. The van der Waals surface area contributed by atoms with Crippen LogP contribution in [-0.4, -0.2) is 32.4 Å². The van der Waals surface area contributed by atoms with E-state index < -0.39 is 15.9 Å². The summed E-state index contributed by atoms with van der Waals surface area (Å²) in [5.74, 6) is -0.934. The van der Waals surface area contributed by atoms with E-state index in [4.69, 9.17) is 8.92 Å². The molecule has 32 heavy (non-hydrogen) atoms. The molecule has 1 amide bonds. The summed E-state index contributed by atoms with van der Waals surface area (Å²) in [7, 11) is -3.01. The van der Waals surface area contributed by atoms with Crippen molar-refractivity contribution in [3.8, 4) is 11.5 Å². The number of carbonyl (C=O) groups excluding carboxylic acids is 1. The van der Waals surface area contributed by atoms with Gasteiger partial charge in [-0.3, -0.25) is 4.79 Å². The summed E-state index contributed by atoms with van der Waals surface area (Å²) in [6.07, 6.45) is 0.726. The zero-order valence-electron chi connectivity index (χ0n) is 17.9. The largest absolute Gasteiger partial charge is 0.494 e. The third-order valence-electron chi connectivity index (χ3n) is 5.04. The fourth-order valence-electron chi connectivity index (χ4n) is 3.06. The Morgan fingerprint density at radius 3 is 2.50 bits per heavy atom. The van der Waals surface area contributed by atoms with Crippen LogP contribution in [0.4, 0.5) is 4.39 Å². The van der Waals surface area contributed by atoms with Crippen LogP contribution in [0.5, 0.6) is 11.5 Å². The molecule has 0 aliphatic heterocycles. The van der Waals surface area contributed by atoms with Crippen LogP contribution in [-0.2, 0) is 16.7 Å². The van der Waals surface area contributed by atoms with Crippen LogP contribution in [0.1, 0.15) is 35.5 Å². The standard InChI is InChI=1S/C23H24FNO5S2/c1-4-16(2)25(23(26)22-10-7-13-31-22)15-17-8-5-6-9-20(17)30-32(27,28)18-11-12-21(29-3)19(24)14-18/h5-14,16H,4,15H2,1-3H3/t16-/m0/s1. The van der Waals surface area contributed by atoms with Gasteiger partial charge < -0.3 is 13.8 Å². The first-order valence-corrected chi connectivity index (χ1v) is 12.3. The molecule has 9 heteroatoms. The first-order valence-electron chi connectivity index (χ1n) is 9.97. The van der Waals surface area contributed by atoms with Gasteiger partial charge >= 0.3 is 10.1 Å². The highest BCUT2D eigenvalue weighted by Gasteiger charge is 2.25. The Hall–Kier alpha value is -2.91. The molecular weight excluding hydrogens is 453 g/mol. The van der Waals surface area contributed by atoms with Gasteiger partial charge in [0.05, 0.1) is 12.0 Å². The number of methoxy groups -OCH3 is 1. The van der Waals surface area contributed by atoms with Crippen LogP contribution in [0.2, 0.25) is 0 Å². The van der Waals surface area contributed by atoms with Crippen LogP contribution >= 0.6 is 11.3 Å². The number of thiophene rings is 1. The van der Waals surface area contributed by atoms with Crippen molar-refractivity contribution in [2.75, 3.05) is 7.11 Å². The Bertz CT molecular complexity index is 1180. The third-order valence-corrected chi connectivity index (χ3v) is 7.13. The summed E-state index contributed by atoms with van der Waals surface area (Å²) in [6.45, 7) is 4.07. The Labute approximate surface area is 191 Å². The summed E-state index contributed by atoms with van der Waals surface area (Å²) in [5.41, 5.74) is 0.523. The second-order valence-electron chi connectivity index (χ2n) is 7.11. The number of hydrogen-bond acceptors (Lipinski definition) is 6. The second-order valence-corrected chi connectivity index (χ2v) is 9.60. The molecule has 0 N–H and O–H groups in total. The maximum Gasteiger partial charge on any atom is 0.339 e. The van der Waals surface area contributed by atoms with Crippen molar-refractivity contribution in [3.63, 3.8) is 0 Å². The quantitative estimate of drug-likeness (QED) is 0.401. The van der Waals surface area contributed by atoms with Crippen LogP contribution < -0.4 is 8.92 Å². The minimum absolute atomic E-state index is 0.0689. The number of carbonyl (C=O) groups is 1. The Morgan fingerprint density at radius 2 is 1.88 bits per heavy atom. The first kappa shape index (κ1) is 23.7. The summed E-state index contributed by atoms with van der Waals surface area (Å²) < 4.78 is 49.8. The lowest BCUT2D eigenvalue weighted by Crippen LogP contribution is -2.37. The molecule has 3 rings (SSSR count). The topological polar surface area (TPSA) is 72.9 Å². The molecule has 0 saturated carbocycles. The highest BCUT2D eigenvalue weighted by atomic mass is 32.2. The van der Waals surface area contributed by atoms with Crippen molar-refractivity contribution in [1.29, 1.82) is 0 Å². The van der Waals surface area contributed by atoms with E-state index >= 15 is 0 Å². The van der Waals surface area contributed by atoms with Crippen molar-refractivity contribution >= 4 is 27.4 Å². The number of benzene rings is 2. The van der Waals surface area contributed by atoms with Gasteiger partial charge in [-0.15, -0.1) is 11.3 Å². The molecule has 0 aliphatic rings. The first-order chi connectivity index (χ1) is 15.3. The fourth-order valence-corrected chi connectivity index (χ4v) is 4.71. The average molecular weight is 478 g/mol. The predicted molar refractivity (Wildman–Crippen MR) is 121 cm³/mol. The lowest BCUT2D eigenvalue weighted by Gasteiger charge is -2.29. The number of hydrogen-bond donors (Lipinski definition) is 0. The molecule has 0 unspecified atom stereocenters. The van der Waals surface area contributed by atoms with Crippen LogP contribution in [0.25, 0.3) is 0 Å².